The van der Waals surface area contributed by atoms with E-state index < -0.39 is 0 Å². The summed E-state index contributed by atoms with van der Waals surface area (Å²) in [5, 5.41) is 9.05. The third-order valence-corrected chi connectivity index (χ3v) is 5.22. The van der Waals surface area contributed by atoms with Gasteiger partial charge in [0.1, 0.15) is 5.82 Å². The summed E-state index contributed by atoms with van der Waals surface area (Å²) in [7, 11) is 0. The fourth-order valence-electron chi connectivity index (χ4n) is 3.66. The second kappa shape index (κ2) is 7.79. The molecule has 30 heavy (non-hydrogen) atoms. The molecule has 0 spiro atoms. The molecule has 0 radical (unpaired) electrons. The van der Waals surface area contributed by atoms with Gasteiger partial charge in [-0.15, -0.1) is 0 Å². The number of anilines is 3. The van der Waals surface area contributed by atoms with Crippen LogP contribution in [0.4, 0.5) is 17.5 Å². The maximum atomic E-state index is 5.92. The molecule has 0 aliphatic rings. The maximum Gasteiger partial charge on any atom is 0.224 e. The summed E-state index contributed by atoms with van der Waals surface area (Å²) < 4.78 is 0. The van der Waals surface area contributed by atoms with Crippen LogP contribution >= 0.6 is 0 Å². The van der Waals surface area contributed by atoms with Crippen molar-refractivity contribution >= 4 is 39.3 Å². The first-order valence-corrected chi connectivity index (χ1v) is 9.97. The minimum atomic E-state index is 0.612. The van der Waals surface area contributed by atoms with Gasteiger partial charge < -0.3 is 26.3 Å². The number of nitrogens with one attached hydrogen (secondary N) is 4. The Bertz CT molecular complexity index is 1300. The third-order valence-electron chi connectivity index (χ3n) is 5.22. The molecule has 0 fully saturated rings. The maximum absolute atomic E-state index is 5.92. The Morgan fingerprint density at radius 3 is 2.83 bits per heavy atom. The van der Waals surface area contributed by atoms with Gasteiger partial charge in [0.15, 0.2) is 0 Å². The molecule has 0 unspecified atom stereocenters. The van der Waals surface area contributed by atoms with Gasteiger partial charge in [0.25, 0.3) is 0 Å². The van der Waals surface area contributed by atoms with Crippen LogP contribution in [-0.4, -0.2) is 26.5 Å². The van der Waals surface area contributed by atoms with Crippen molar-refractivity contribution in [3.8, 4) is 0 Å². The highest BCUT2D eigenvalue weighted by Crippen LogP contribution is 2.21. The van der Waals surface area contributed by atoms with E-state index in [0.717, 1.165) is 40.9 Å². The van der Waals surface area contributed by atoms with Gasteiger partial charge in [-0.2, -0.15) is 4.98 Å². The van der Waals surface area contributed by atoms with Crippen molar-refractivity contribution in [1.29, 1.82) is 0 Å². The monoisotopic (exact) mass is 397 g/mol. The molecule has 6 N–H and O–H groups in total. The minimum Gasteiger partial charge on any atom is -0.399 e. The van der Waals surface area contributed by atoms with E-state index >= 15 is 0 Å². The highest BCUT2D eigenvalue weighted by molar-refractivity contribution is 5.86. The molecule has 2 aromatic carbocycles. The zero-order valence-electron chi connectivity index (χ0n) is 16.4. The SMILES string of the molecule is Nc1ccc2[nH]cc(CCNc3nccc(NCc4ccc5[nH]ccc5c4)n3)c2c1. The number of nitrogens with two attached hydrogens (primary N) is 1. The Morgan fingerprint density at radius 2 is 1.87 bits per heavy atom. The molecule has 3 heterocycles. The molecule has 0 atom stereocenters. The fraction of sp³-hybridized carbons (Fsp3) is 0.130. The van der Waals surface area contributed by atoms with Crippen LogP contribution in [0.25, 0.3) is 21.8 Å². The topological polar surface area (TPSA) is 107 Å². The summed E-state index contributed by atoms with van der Waals surface area (Å²) in [5.74, 6) is 1.40. The van der Waals surface area contributed by atoms with Crippen LogP contribution in [-0.2, 0) is 13.0 Å². The molecule has 0 saturated heterocycles. The molecule has 150 valence electrons. The Hall–Kier alpha value is -4.00. The number of nitrogens with zero attached hydrogens (tertiary/aromatic N) is 2. The molecular formula is C23H23N7. The number of aromatic nitrogens is 4. The first kappa shape index (κ1) is 18.1. The molecule has 0 saturated carbocycles. The molecule has 0 aliphatic heterocycles. The van der Waals surface area contributed by atoms with Crippen molar-refractivity contribution in [3.05, 3.63) is 78.2 Å². The summed E-state index contributed by atoms with van der Waals surface area (Å²) in [6.07, 6.45) is 6.60. The van der Waals surface area contributed by atoms with E-state index in [1.807, 2.05) is 36.7 Å². The lowest BCUT2D eigenvalue weighted by Gasteiger charge is -2.09. The van der Waals surface area contributed by atoms with E-state index in [9.17, 15) is 0 Å². The number of nitrogen functional groups attached to an aromatic ring is 1. The lowest BCUT2D eigenvalue weighted by atomic mass is 10.1. The van der Waals surface area contributed by atoms with Crippen LogP contribution in [0, 0.1) is 0 Å². The minimum absolute atomic E-state index is 0.612. The molecule has 0 bridgehead atoms. The van der Waals surface area contributed by atoms with E-state index in [0.29, 0.717) is 12.5 Å². The van der Waals surface area contributed by atoms with Gasteiger partial charge in [-0.25, -0.2) is 4.98 Å². The lowest BCUT2D eigenvalue weighted by molar-refractivity contribution is 0.985. The zero-order valence-corrected chi connectivity index (χ0v) is 16.4. The molecular weight excluding hydrogens is 374 g/mol. The van der Waals surface area contributed by atoms with Gasteiger partial charge >= 0.3 is 0 Å². The Labute approximate surface area is 173 Å². The lowest BCUT2D eigenvalue weighted by Crippen LogP contribution is -2.09. The molecule has 7 heteroatoms. The van der Waals surface area contributed by atoms with Crippen molar-refractivity contribution < 1.29 is 0 Å². The largest absolute Gasteiger partial charge is 0.399 e. The highest BCUT2D eigenvalue weighted by Gasteiger charge is 2.05. The Kier molecular flexibility index (Phi) is 4.69. The van der Waals surface area contributed by atoms with E-state index in [1.165, 1.54) is 16.5 Å². The number of fused-ring (bicyclic) bond motifs is 2. The Morgan fingerprint density at radius 1 is 0.933 bits per heavy atom. The van der Waals surface area contributed by atoms with Crippen LogP contribution in [0.1, 0.15) is 11.1 Å². The predicted molar refractivity (Wildman–Crippen MR) is 123 cm³/mol. The second-order valence-corrected chi connectivity index (χ2v) is 7.31. The fourth-order valence-corrected chi connectivity index (χ4v) is 3.66. The van der Waals surface area contributed by atoms with Crippen molar-refractivity contribution in [1.82, 2.24) is 19.9 Å². The average molecular weight is 397 g/mol. The highest BCUT2D eigenvalue weighted by atomic mass is 15.1. The zero-order chi connectivity index (χ0) is 20.3. The van der Waals surface area contributed by atoms with E-state index in [4.69, 9.17) is 5.73 Å². The standard InChI is InChI=1S/C23H23N7/c24-18-2-4-21-19(12-18)17(14-28-21)6-9-26-23-27-10-7-22(30-23)29-13-15-1-3-20-16(11-15)5-8-25-20/h1-5,7-8,10-12,14,25,28H,6,9,13,24H2,(H2,26,27,29,30). The summed E-state index contributed by atoms with van der Waals surface area (Å²) >= 11 is 0. The quantitative estimate of drug-likeness (QED) is 0.263. The molecule has 7 nitrogen and oxygen atoms in total. The summed E-state index contributed by atoms with van der Waals surface area (Å²) in [4.78, 5) is 15.4. The van der Waals surface area contributed by atoms with Gasteiger partial charge in [-0.05, 0) is 65.4 Å². The molecule has 0 amide bonds. The van der Waals surface area contributed by atoms with Crippen LogP contribution in [0.5, 0.6) is 0 Å². The van der Waals surface area contributed by atoms with Gasteiger partial charge in [0.05, 0.1) is 0 Å². The number of aromatic amines is 2. The second-order valence-electron chi connectivity index (χ2n) is 7.31. The third kappa shape index (κ3) is 3.77. The van der Waals surface area contributed by atoms with Gasteiger partial charge in [0, 0.05) is 53.8 Å². The predicted octanol–water partition coefficient (Wildman–Crippen LogP) is 4.29. The average Bonchev–Trinajstić information content (AvgIpc) is 3.39. The van der Waals surface area contributed by atoms with Gasteiger partial charge in [0.2, 0.25) is 5.95 Å². The summed E-state index contributed by atoms with van der Waals surface area (Å²) in [6.45, 7) is 1.43. The number of hydrogen-bond donors (Lipinski definition) is 5. The van der Waals surface area contributed by atoms with Crippen LogP contribution in [0.3, 0.4) is 0 Å². The van der Waals surface area contributed by atoms with E-state index in [1.54, 1.807) is 6.20 Å². The molecule has 0 aliphatic carbocycles. The van der Waals surface area contributed by atoms with Gasteiger partial charge in [-0.3, -0.25) is 0 Å². The summed E-state index contributed by atoms with van der Waals surface area (Å²) in [6, 6.07) is 16.3. The van der Waals surface area contributed by atoms with E-state index in [2.05, 4.69) is 54.8 Å². The normalized spacial score (nSPS) is 11.2. The van der Waals surface area contributed by atoms with Crippen molar-refractivity contribution in [3.63, 3.8) is 0 Å². The summed E-state index contributed by atoms with van der Waals surface area (Å²) in [5.41, 5.74) is 11.4. The van der Waals surface area contributed by atoms with E-state index in [-0.39, 0.29) is 0 Å². The number of H-pyrrole nitrogens is 2. The number of hydrogen-bond acceptors (Lipinski definition) is 5. The van der Waals surface area contributed by atoms with Crippen molar-refractivity contribution in [2.24, 2.45) is 0 Å². The molecule has 3 aromatic heterocycles. The van der Waals surface area contributed by atoms with Crippen LogP contribution in [0.15, 0.2) is 67.1 Å². The number of benzene rings is 2. The van der Waals surface area contributed by atoms with Gasteiger partial charge in [-0.1, -0.05) is 6.07 Å². The first-order valence-electron chi connectivity index (χ1n) is 9.97. The molecule has 5 aromatic rings. The molecule has 5 rings (SSSR count). The first-order chi connectivity index (χ1) is 14.7. The Balaban J connectivity index is 1.19. The number of rotatable bonds is 7. The van der Waals surface area contributed by atoms with Crippen LogP contribution < -0.4 is 16.4 Å². The van der Waals surface area contributed by atoms with Crippen molar-refractivity contribution in [2.45, 2.75) is 13.0 Å². The van der Waals surface area contributed by atoms with Crippen molar-refractivity contribution in [2.75, 3.05) is 22.9 Å². The smallest absolute Gasteiger partial charge is 0.224 e. The van der Waals surface area contributed by atoms with Crippen LogP contribution in [0.2, 0.25) is 0 Å².